The van der Waals surface area contributed by atoms with Crippen molar-refractivity contribution < 1.29 is 3.76 Å². The van der Waals surface area contributed by atoms with Crippen molar-refractivity contribution in [1.29, 1.82) is 0 Å². The molecule has 0 aliphatic carbocycles. The molecule has 0 aromatic heterocycles. The standard InChI is InChI=1S/C10H24GeO/c1-4-7-9-11(12-6-3)10-8-5-2/h11H,4-10H2,1-3H3. The Kier molecular flexibility index (Phi) is 9.99. The van der Waals surface area contributed by atoms with Gasteiger partial charge in [0.2, 0.25) is 0 Å². The molecule has 0 atom stereocenters. The van der Waals surface area contributed by atoms with Crippen LogP contribution in [-0.4, -0.2) is 21.3 Å². The number of hydrogen-bond acceptors (Lipinski definition) is 1. The van der Waals surface area contributed by atoms with Gasteiger partial charge in [-0.25, -0.2) is 0 Å². The molecular formula is C10H24GeO. The van der Waals surface area contributed by atoms with Gasteiger partial charge in [-0.3, -0.25) is 0 Å². The Balaban J connectivity index is 3.40. The zero-order valence-corrected chi connectivity index (χ0v) is 11.4. The topological polar surface area (TPSA) is 9.23 Å². The third-order valence-corrected chi connectivity index (χ3v) is 8.27. The molecule has 0 N–H and O–H groups in total. The molecule has 0 aliphatic heterocycles. The summed E-state index contributed by atoms with van der Waals surface area (Å²) in [6, 6.07) is 0. The Morgan fingerprint density at radius 2 is 1.42 bits per heavy atom. The predicted molar refractivity (Wildman–Crippen MR) is 58.2 cm³/mol. The fourth-order valence-corrected chi connectivity index (χ4v) is 7.33. The molecule has 0 spiro atoms. The molecule has 0 aromatic carbocycles. The Hall–Kier alpha value is 0.503. The normalized spacial score (nSPS) is 11.0. The first-order valence-electron chi connectivity index (χ1n) is 5.46. The summed E-state index contributed by atoms with van der Waals surface area (Å²) < 4.78 is 5.83. The number of hydrogen-bond donors (Lipinski definition) is 0. The van der Waals surface area contributed by atoms with Gasteiger partial charge in [0.05, 0.1) is 0 Å². The number of rotatable bonds is 8. The van der Waals surface area contributed by atoms with E-state index in [-0.39, 0.29) is 0 Å². The molecule has 0 amide bonds. The maximum absolute atomic E-state index is 5.83. The van der Waals surface area contributed by atoms with E-state index in [1.54, 1.807) is 0 Å². The molecule has 74 valence electrons. The van der Waals surface area contributed by atoms with Crippen LogP contribution in [0.5, 0.6) is 0 Å². The summed E-state index contributed by atoms with van der Waals surface area (Å²) in [5, 5.41) is 2.88. The van der Waals surface area contributed by atoms with Gasteiger partial charge >= 0.3 is 82.0 Å². The summed E-state index contributed by atoms with van der Waals surface area (Å²) in [6.07, 6.45) is 5.46. The molecule has 2 heteroatoms. The van der Waals surface area contributed by atoms with Gasteiger partial charge in [-0.15, -0.1) is 0 Å². The van der Waals surface area contributed by atoms with Crippen LogP contribution in [0.3, 0.4) is 0 Å². The van der Waals surface area contributed by atoms with Crippen molar-refractivity contribution in [1.82, 2.24) is 0 Å². The quantitative estimate of drug-likeness (QED) is 0.584. The second-order valence-corrected chi connectivity index (χ2v) is 9.09. The monoisotopic (exact) mass is 234 g/mol. The summed E-state index contributed by atoms with van der Waals surface area (Å²) in [6.45, 7) is 7.63. The van der Waals surface area contributed by atoms with Crippen molar-refractivity contribution in [2.24, 2.45) is 0 Å². The molecule has 0 saturated carbocycles. The van der Waals surface area contributed by atoms with Crippen LogP contribution in [0.2, 0.25) is 10.5 Å². The van der Waals surface area contributed by atoms with E-state index >= 15 is 0 Å². The molecule has 0 rings (SSSR count). The molecule has 12 heavy (non-hydrogen) atoms. The first kappa shape index (κ1) is 12.5. The fourth-order valence-electron chi connectivity index (χ4n) is 1.41. The fraction of sp³-hybridized carbons (Fsp3) is 1.00. The van der Waals surface area contributed by atoms with E-state index in [9.17, 15) is 0 Å². The molecular weight excluding hydrogens is 209 g/mol. The third kappa shape index (κ3) is 7.17. The summed E-state index contributed by atoms with van der Waals surface area (Å²) in [4.78, 5) is 0. The Morgan fingerprint density at radius 1 is 0.917 bits per heavy atom. The first-order valence-corrected chi connectivity index (χ1v) is 9.88. The van der Waals surface area contributed by atoms with E-state index in [0.29, 0.717) is 0 Å². The molecule has 0 saturated heterocycles. The van der Waals surface area contributed by atoms with Crippen LogP contribution < -0.4 is 0 Å². The predicted octanol–water partition coefficient (Wildman–Crippen LogP) is 3.35. The zero-order valence-electron chi connectivity index (χ0n) is 8.94. The van der Waals surface area contributed by atoms with Crippen LogP contribution >= 0.6 is 0 Å². The van der Waals surface area contributed by atoms with Crippen molar-refractivity contribution in [2.45, 2.75) is 57.0 Å². The van der Waals surface area contributed by atoms with Crippen LogP contribution in [-0.2, 0) is 3.76 Å². The average Bonchev–Trinajstić information content (AvgIpc) is 2.10. The van der Waals surface area contributed by atoms with Gasteiger partial charge in [-0.2, -0.15) is 0 Å². The van der Waals surface area contributed by atoms with Crippen LogP contribution in [0.1, 0.15) is 46.5 Å². The van der Waals surface area contributed by atoms with Crippen molar-refractivity contribution in [3.63, 3.8) is 0 Å². The molecule has 0 unspecified atom stereocenters. The van der Waals surface area contributed by atoms with E-state index in [0.717, 1.165) is 6.61 Å². The summed E-state index contributed by atoms with van der Waals surface area (Å²) in [7, 11) is 0. The number of unbranched alkanes of at least 4 members (excludes halogenated alkanes) is 2. The van der Waals surface area contributed by atoms with Gasteiger partial charge < -0.3 is 0 Å². The molecule has 0 aliphatic rings. The van der Waals surface area contributed by atoms with E-state index < -0.39 is 14.7 Å². The van der Waals surface area contributed by atoms with Crippen molar-refractivity contribution in [3.05, 3.63) is 0 Å². The maximum atomic E-state index is 5.83. The van der Waals surface area contributed by atoms with Crippen molar-refractivity contribution >= 4 is 14.7 Å². The van der Waals surface area contributed by atoms with E-state index in [1.165, 1.54) is 36.2 Å². The van der Waals surface area contributed by atoms with E-state index in [4.69, 9.17) is 3.76 Å². The van der Waals surface area contributed by atoms with Crippen LogP contribution in [0, 0.1) is 0 Å². The molecule has 0 aromatic rings. The molecule has 0 radical (unpaired) electrons. The molecule has 1 nitrogen and oxygen atoms in total. The first-order chi connectivity index (χ1) is 5.85. The van der Waals surface area contributed by atoms with Gasteiger partial charge in [0.1, 0.15) is 0 Å². The SMILES string of the molecule is CCC[CH2][GeH]([CH2]CCC)[O]CC. The van der Waals surface area contributed by atoms with Crippen molar-refractivity contribution in [3.8, 4) is 0 Å². The second-order valence-electron chi connectivity index (χ2n) is 3.36. The van der Waals surface area contributed by atoms with E-state index in [1.807, 2.05) is 0 Å². The minimum atomic E-state index is -1.23. The van der Waals surface area contributed by atoms with Gasteiger partial charge in [-0.1, -0.05) is 0 Å². The van der Waals surface area contributed by atoms with Gasteiger partial charge in [0.25, 0.3) is 0 Å². The van der Waals surface area contributed by atoms with Crippen LogP contribution in [0.15, 0.2) is 0 Å². The zero-order chi connectivity index (χ0) is 9.23. The minimum absolute atomic E-state index is 0.956. The van der Waals surface area contributed by atoms with Crippen LogP contribution in [0.4, 0.5) is 0 Å². The van der Waals surface area contributed by atoms with Gasteiger partial charge in [-0.05, 0) is 0 Å². The Bertz CT molecular complexity index is 77.9. The van der Waals surface area contributed by atoms with Gasteiger partial charge in [0.15, 0.2) is 0 Å². The average molecular weight is 233 g/mol. The van der Waals surface area contributed by atoms with Gasteiger partial charge in [0, 0.05) is 0 Å². The van der Waals surface area contributed by atoms with Crippen molar-refractivity contribution in [2.75, 3.05) is 6.61 Å². The Labute approximate surface area is 82.3 Å². The van der Waals surface area contributed by atoms with Crippen LogP contribution in [0.25, 0.3) is 0 Å². The summed E-state index contributed by atoms with van der Waals surface area (Å²) >= 11 is -1.23. The molecule has 0 fully saturated rings. The third-order valence-electron chi connectivity index (χ3n) is 2.16. The second kappa shape index (κ2) is 9.59. The summed E-state index contributed by atoms with van der Waals surface area (Å²) in [5.41, 5.74) is 0. The Morgan fingerprint density at radius 3 is 1.75 bits per heavy atom. The molecule has 0 bridgehead atoms. The van der Waals surface area contributed by atoms with E-state index in [2.05, 4.69) is 20.8 Å². The molecule has 0 heterocycles. The summed E-state index contributed by atoms with van der Waals surface area (Å²) in [5.74, 6) is 0.